The van der Waals surface area contributed by atoms with Crippen molar-refractivity contribution in [3.05, 3.63) is 63.9 Å². The van der Waals surface area contributed by atoms with Crippen molar-refractivity contribution < 1.29 is 13.9 Å². The van der Waals surface area contributed by atoms with Crippen molar-refractivity contribution in [2.45, 2.75) is 25.2 Å². The van der Waals surface area contributed by atoms with E-state index < -0.39 is 5.60 Å². The molecule has 0 atom stereocenters. The fraction of sp³-hybridized carbons (Fsp3) is 0.316. The third kappa shape index (κ3) is 6.08. The van der Waals surface area contributed by atoms with Crippen LogP contribution in [0.5, 0.6) is 5.75 Å². The molecule has 0 spiro atoms. The summed E-state index contributed by atoms with van der Waals surface area (Å²) in [4.78, 5) is 12.3. The zero-order chi connectivity index (χ0) is 19.2. The Kier molecular flexibility index (Phi) is 7.62. The minimum atomic E-state index is -1.02. The fourth-order valence-electron chi connectivity index (χ4n) is 2.14. The minimum absolute atomic E-state index is 0.225. The first-order chi connectivity index (χ1) is 12.3. The molecule has 1 N–H and O–H groups in total. The summed E-state index contributed by atoms with van der Waals surface area (Å²) < 4.78 is 19.4. The van der Waals surface area contributed by atoms with Crippen LogP contribution >= 0.6 is 35.0 Å². The van der Waals surface area contributed by atoms with E-state index >= 15 is 0 Å². The van der Waals surface area contributed by atoms with Gasteiger partial charge < -0.3 is 10.1 Å². The minimum Gasteiger partial charge on any atom is -0.478 e. The van der Waals surface area contributed by atoms with E-state index in [9.17, 15) is 9.18 Å². The van der Waals surface area contributed by atoms with Gasteiger partial charge in [0.25, 0.3) is 5.91 Å². The van der Waals surface area contributed by atoms with Gasteiger partial charge in [-0.25, -0.2) is 4.39 Å². The van der Waals surface area contributed by atoms with Crippen LogP contribution in [0.15, 0.2) is 42.5 Å². The smallest absolute Gasteiger partial charge is 0.263 e. The standard InChI is InChI=1S/C19H20Cl2FNO2S/c1-19(2,25-14-8-6-13(20)7-9-14)18(24)23-10-11-26-12-15-16(21)4-3-5-17(15)22/h3-9H,10-12H2,1-2H3,(H,23,24). The number of amides is 1. The van der Waals surface area contributed by atoms with Gasteiger partial charge in [0.2, 0.25) is 0 Å². The number of carbonyl (C=O) groups is 1. The summed E-state index contributed by atoms with van der Waals surface area (Å²) in [6.45, 7) is 3.84. The average molecular weight is 416 g/mol. The van der Waals surface area contributed by atoms with Crippen LogP contribution in [0.25, 0.3) is 0 Å². The van der Waals surface area contributed by atoms with Crippen molar-refractivity contribution >= 4 is 40.9 Å². The Labute approximate surface area is 167 Å². The fourth-order valence-corrected chi connectivity index (χ4v) is 3.46. The maximum Gasteiger partial charge on any atom is 0.263 e. The van der Waals surface area contributed by atoms with Gasteiger partial charge in [0.05, 0.1) is 0 Å². The number of carbonyl (C=O) groups excluding carboxylic acids is 1. The van der Waals surface area contributed by atoms with Gasteiger partial charge >= 0.3 is 0 Å². The number of hydrogen-bond donors (Lipinski definition) is 1. The van der Waals surface area contributed by atoms with E-state index in [1.54, 1.807) is 50.2 Å². The molecule has 0 aromatic heterocycles. The van der Waals surface area contributed by atoms with Crippen molar-refractivity contribution in [2.24, 2.45) is 0 Å². The van der Waals surface area contributed by atoms with Gasteiger partial charge in [0.1, 0.15) is 11.6 Å². The molecule has 0 heterocycles. The normalized spacial score (nSPS) is 11.3. The summed E-state index contributed by atoms with van der Waals surface area (Å²) in [7, 11) is 0. The van der Waals surface area contributed by atoms with Gasteiger partial charge in [-0.15, -0.1) is 0 Å². The highest BCUT2D eigenvalue weighted by molar-refractivity contribution is 7.98. The van der Waals surface area contributed by atoms with E-state index in [4.69, 9.17) is 27.9 Å². The van der Waals surface area contributed by atoms with Crippen molar-refractivity contribution in [3.8, 4) is 5.75 Å². The van der Waals surface area contributed by atoms with E-state index in [0.29, 0.717) is 39.4 Å². The molecule has 0 aliphatic carbocycles. The molecular weight excluding hydrogens is 396 g/mol. The lowest BCUT2D eigenvalue weighted by molar-refractivity contribution is -0.134. The molecule has 0 bridgehead atoms. The summed E-state index contributed by atoms with van der Waals surface area (Å²) in [5.41, 5.74) is -0.537. The highest BCUT2D eigenvalue weighted by Crippen LogP contribution is 2.24. The summed E-state index contributed by atoms with van der Waals surface area (Å²) in [6, 6.07) is 11.5. The molecule has 26 heavy (non-hydrogen) atoms. The maximum absolute atomic E-state index is 13.7. The zero-order valence-corrected chi connectivity index (χ0v) is 16.8. The molecule has 140 valence electrons. The zero-order valence-electron chi connectivity index (χ0n) is 14.5. The van der Waals surface area contributed by atoms with Crippen molar-refractivity contribution in [2.75, 3.05) is 12.3 Å². The highest BCUT2D eigenvalue weighted by atomic mass is 35.5. The second-order valence-corrected chi connectivity index (χ2v) is 8.02. The van der Waals surface area contributed by atoms with Crippen molar-refractivity contribution in [3.63, 3.8) is 0 Å². The number of ether oxygens (including phenoxy) is 1. The monoisotopic (exact) mass is 415 g/mol. The molecule has 3 nitrogen and oxygen atoms in total. The number of thioether (sulfide) groups is 1. The Balaban J connectivity index is 1.76. The van der Waals surface area contributed by atoms with Gasteiger partial charge in [-0.1, -0.05) is 29.3 Å². The highest BCUT2D eigenvalue weighted by Gasteiger charge is 2.29. The van der Waals surface area contributed by atoms with Crippen LogP contribution in [-0.4, -0.2) is 23.8 Å². The number of rotatable bonds is 8. The van der Waals surface area contributed by atoms with Gasteiger partial charge in [-0.05, 0) is 50.2 Å². The SMILES string of the molecule is CC(C)(Oc1ccc(Cl)cc1)C(=O)NCCSCc1c(F)cccc1Cl. The Morgan fingerprint density at radius 3 is 2.54 bits per heavy atom. The number of hydrogen-bond acceptors (Lipinski definition) is 3. The number of benzene rings is 2. The van der Waals surface area contributed by atoms with Crippen LogP contribution < -0.4 is 10.1 Å². The van der Waals surface area contributed by atoms with Crippen molar-refractivity contribution in [1.82, 2.24) is 5.32 Å². The molecular formula is C19H20Cl2FNO2S. The number of nitrogens with one attached hydrogen (secondary N) is 1. The topological polar surface area (TPSA) is 38.3 Å². The first-order valence-corrected chi connectivity index (χ1v) is 9.94. The summed E-state index contributed by atoms with van der Waals surface area (Å²) in [6.07, 6.45) is 0. The van der Waals surface area contributed by atoms with E-state index in [0.717, 1.165) is 0 Å². The Morgan fingerprint density at radius 1 is 1.19 bits per heavy atom. The van der Waals surface area contributed by atoms with E-state index in [2.05, 4.69) is 5.32 Å². The second kappa shape index (κ2) is 9.49. The Hall–Kier alpha value is -1.43. The quantitative estimate of drug-likeness (QED) is 0.591. The summed E-state index contributed by atoms with van der Waals surface area (Å²) in [5, 5.41) is 3.85. The number of halogens is 3. The van der Waals surface area contributed by atoms with Crippen LogP contribution in [0.1, 0.15) is 19.4 Å². The molecule has 0 saturated carbocycles. The van der Waals surface area contributed by atoms with Gasteiger partial charge in [0, 0.05) is 33.7 Å². The molecule has 0 saturated heterocycles. The lowest BCUT2D eigenvalue weighted by Crippen LogP contribution is -2.47. The van der Waals surface area contributed by atoms with Gasteiger partial charge in [-0.2, -0.15) is 11.8 Å². The largest absolute Gasteiger partial charge is 0.478 e. The van der Waals surface area contributed by atoms with Crippen LogP contribution in [0.2, 0.25) is 10.0 Å². The summed E-state index contributed by atoms with van der Waals surface area (Å²) in [5.74, 6) is 1.11. The first kappa shape index (κ1) is 20.9. The summed E-state index contributed by atoms with van der Waals surface area (Å²) >= 11 is 13.3. The lowest BCUT2D eigenvalue weighted by atomic mass is 10.1. The lowest BCUT2D eigenvalue weighted by Gasteiger charge is -2.25. The average Bonchev–Trinajstić information content (AvgIpc) is 2.58. The molecule has 2 aromatic carbocycles. The predicted octanol–water partition coefficient (Wildman–Crippen LogP) is 5.34. The van der Waals surface area contributed by atoms with Gasteiger partial charge in [-0.3, -0.25) is 4.79 Å². The molecule has 0 radical (unpaired) electrons. The van der Waals surface area contributed by atoms with Crippen LogP contribution in [-0.2, 0) is 10.5 Å². The van der Waals surface area contributed by atoms with Crippen LogP contribution in [0, 0.1) is 5.82 Å². The molecule has 0 aliphatic rings. The molecule has 1 amide bonds. The molecule has 7 heteroatoms. The predicted molar refractivity (Wildman–Crippen MR) is 107 cm³/mol. The first-order valence-electron chi connectivity index (χ1n) is 8.03. The molecule has 2 rings (SSSR count). The van der Waals surface area contributed by atoms with Crippen LogP contribution in [0.3, 0.4) is 0 Å². The molecule has 2 aromatic rings. The molecule has 0 aliphatic heterocycles. The van der Waals surface area contributed by atoms with Crippen LogP contribution in [0.4, 0.5) is 4.39 Å². The van der Waals surface area contributed by atoms with Gasteiger partial charge in [0.15, 0.2) is 5.60 Å². The third-order valence-electron chi connectivity index (χ3n) is 3.57. The molecule has 0 fully saturated rings. The van der Waals surface area contributed by atoms with E-state index in [1.807, 2.05) is 0 Å². The maximum atomic E-state index is 13.7. The van der Waals surface area contributed by atoms with E-state index in [1.165, 1.54) is 17.8 Å². The Bertz CT molecular complexity index is 733. The molecule has 0 unspecified atom stereocenters. The third-order valence-corrected chi connectivity index (χ3v) is 5.17. The Morgan fingerprint density at radius 2 is 1.88 bits per heavy atom. The second-order valence-electron chi connectivity index (χ2n) is 6.07. The van der Waals surface area contributed by atoms with E-state index in [-0.39, 0.29) is 11.7 Å². The van der Waals surface area contributed by atoms with Crippen molar-refractivity contribution in [1.29, 1.82) is 0 Å².